The second kappa shape index (κ2) is 7.79. The van der Waals surface area contributed by atoms with Crippen LogP contribution in [0.15, 0.2) is 42.9 Å². The fourth-order valence-corrected chi connectivity index (χ4v) is 1.83. The first kappa shape index (κ1) is 15.5. The Kier molecular flexibility index (Phi) is 5.50. The number of carbonyl (C=O) groups is 2. The van der Waals surface area contributed by atoms with E-state index in [4.69, 9.17) is 10.6 Å². The zero-order valence-corrected chi connectivity index (χ0v) is 11.8. The normalized spacial score (nSPS) is 11.5. The highest BCUT2D eigenvalue weighted by atomic mass is 16.5. The molecule has 0 fully saturated rings. The third-order valence-corrected chi connectivity index (χ3v) is 2.94. The molecule has 2 aromatic rings. The minimum absolute atomic E-state index is 0.119. The third-order valence-electron chi connectivity index (χ3n) is 2.94. The molecule has 116 valence electrons. The van der Waals surface area contributed by atoms with Crippen molar-refractivity contribution in [2.45, 2.75) is 19.1 Å². The van der Waals surface area contributed by atoms with Gasteiger partial charge in [-0.2, -0.15) is 0 Å². The Morgan fingerprint density at radius 1 is 1.32 bits per heavy atom. The molecule has 0 saturated heterocycles. The zero-order valence-electron chi connectivity index (χ0n) is 11.8. The first-order valence-electron chi connectivity index (χ1n) is 6.64. The van der Waals surface area contributed by atoms with E-state index in [9.17, 15) is 9.59 Å². The van der Waals surface area contributed by atoms with Crippen molar-refractivity contribution < 1.29 is 14.3 Å². The Bertz CT molecular complexity index is 600. The first-order chi connectivity index (χ1) is 10.7. The van der Waals surface area contributed by atoms with E-state index in [1.165, 1.54) is 6.33 Å². The van der Waals surface area contributed by atoms with Gasteiger partial charge in [0.1, 0.15) is 12.6 Å². The van der Waals surface area contributed by atoms with Crippen molar-refractivity contribution in [3.63, 3.8) is 0 Å². The fourth-order valence-electron chi connectivity index (χ4n) is 1.83. The van der Waals surface area contributed by atoms with Crippen LogP contribution in [0.5, 0.6) is 0 Å². The number of hydrazine groups is 1. The first-order valence-corrected chi connectivity index (χ1v) is 6.64. The van der Waals surface area contributed by atoms with E-state index >= 15 is 0 Å². The van der Waals surface area contributed by atoms with Crippen molar-refractivity contribution in [3.05, 3.63) is 54.1 Å². The SMILES string of the molecule is NNC(=O)[C@H](Cc1cnc[nH]1)NC(=O)OCc1ccccc1. The van der Waals surface area contributed by atoms with Gasteiger partial charge in [0, 0.05) is 18.3 Å². The number of hydrogen-bond acceptors (Lipinski definition) is 5. The van der Waals surface area contributed by atoms with Crippen LogP contribution in [-0.2, 0) is 22.6 Å². The number of H-pyrrole nitrogens is 1. The van der Waals surface area contributed by atoms with Crippen molar-refractivity contribution in [2.24, 2.45) is 5.84 Å². The second-order valence-electron chi connectivity index (χ2n) is 4.55. The molecular formula is C14H17N5O3. The molecule has 5 N–H and O–H groups in total. The van der Waals surface area contributed by atoms with Gasteiger partial charge in [-0.05, 0) is 5.56 Å². The van der Waals surface area contributed by atoms with E-state index in [-0.39, 0.29) is 13.0 Å². The molecule has 1 heterocycles. The van der Waals surface area contributed by atoms with Crippen LogP contribution < -0.4 is 16.6 Å². The maximum Gasteiger partial charge on any atom is 0.408 e. The van der Waals surface area contributed by atoms with Crippen LogP contribution in [0.3, 0.4) is 0 Å². The average Bonchev–Trinajstić information content (AvgIpc) is 3.05. The zero-order chi connectivity index (χ0) is 15.8. The molecule has 0 saturated carbocycles. The maximum absolute atomic E-state index is 11.8. The summed E-state index contributed by atoms with van der Waals surface area (Å²) < 4.78 is 5.08. The Morgan fingerprint density at radius 3 is 2.73 bits per heavy atom. The Labute approximate surface area is 127 Å². The highest BCUT2D eigenvalue weighted by Gasteiger charge is 2.21. The van der Waals surface area contributed by atoms with Gasteiger partial charge in [0.2, 0.25) is 0 Å². The number of imidazole rings is 1. The lowest BCUT2D eigenvalue weighted by Gasteiger charge is -2.16. The average molecular weight is 303 g/mol. The topological polar surface area (TPSA) is 122 Å². The summed E-state index contributed by atoms with van der Waals surface area (Å²) in [4.78, 5) is 30.2. The van der Waals surface area contributed by atoms with Crippen molar-refractivity contribution in [2.75, 3.05) is 0 Å². The molecule has 0 aliphatic carbocycles. The van der Waals surface area contributed by atoms with Gasteiger partial charge in [-0.15, -0.1) is 0 Å². The maximum atomic E-state index is 11.8. The van der Waals surface area contributed by atoms with Crippen LogP contribution in [0.1, 0.15) is 11.3 Å². The number of aromatic nitrogens is 2. The van der Waals surface area contributed by atoms with Crippen LogP contribution in [0, 0.1) is 0 Å². The van der Waals surface area contributed by atoms with Gasteiger partial charge in [-0.25, -0.2) is 15.6 Å². The van der Waals surface area contributed by atoms with Gasteiger partial charge in [0.15, 0.2) is 0 Å². The van der Waals surface area contributed by atoms with Crippen molar-refractivity contribution in [1.82, 2.24) is 20.7 Å². The fraction of sp³-hybridized carbons (Fsp3) is 0.214. The number of nitrogens with one attached hydrogen (secondary N) is 3. The monoisotopic (exact) mass is 303 g/mol. The summed E-state index contributed by atoms with van der Waals surface area (Å²) in [5, 5.41) is 2.48. The molecule has 2 amide bonds. The highest BCUT2D eigenvalue weighted by Crippen LogP contribution is 2.02. The molecule has 0 bridgehead atoms. The standard InChI is InChI=1S/C14H17N5O3/c15-19-13(20)12(6-11-7-16-9-17-11)18-14(21)22-8-10-4-2-1-3-5-10/h1-5,7,9,12H,6,8,15H2,(H,16,17)(H,18,21)(H,19,20)/t12-/m0/s1. The molecule has 8 nitrogen and oxygen atoms in total. The number of benzene rings is 1. The number of rotatable bonds is 6. The Balaban J connectivity index is 1.88. The van der Waals surface area contributed by atoms with Crippen LogP contribution in [0.2, 0.25) is 0 Å². The number of nitrogens with two attached hydrogens (primary N) is 1. The molecule has 2 rings (SSSR count). The van der Waals surface area contributed by atoms with E-state index in [2.05, 4.69) is 15.3 Å². The van der Waals surface area contributed by atoms with Crippen LogP contribution in [-0.4, -0.2) is 28.0 Å². The number of nitrogens with zero attached hydrogens (tertiary/aromatic N) is 1. The summed E-state index contributed by atoms with van der Waals surface area (Å²) in [6.07, 6.45) is 2.58. The Morgan fingerprint density at radius 2 is 2.09 bits per heavy atom. The highest BCUT2D eigenvalue weighted by molar-refractivity contribution is 5.85. The van der Waals surface area contributed by atoms with Gasteiger partial charge in [0.05, 0.1) is 6.33 Å². The number of hydrogen-bond donors (Lipinski definition) is 4. The van der Waals surface area contributed by atoms with Gasteiger partial charge >= 0.3 is 6.09 Å². The molecule has 1 aromatic carbocycles. The minimum Gasteiger partial charge on any atom is -0.445 e. The van der Waals surface area contributed by atoms with Crippen LogP contribution >= 0.6 is 0 Å². The van der Waals surface area contributed by atoms with Gasteiger partial charge in [0.25, 0.3) is 5.91 Å². The smallest absolute Gasteiger partial charge is 0.408 e. The van der Waals surface area contributed by atoms with Crippen molar-refractivity contribution in [3.8, 4) is 0 Å². The van der Waals surface area contributed by atoms with Crippen LogP contribution in [0.25, 0.3) is 0 Å². The summed E-state index contributed by atoms with van der Waals surface area (Å²) in [5.74, 6) is 4.60. The lowest BCUT2D eigenvalue weighted by molar-refractivity contribution is -0.123. The number of amides is 2. The lowest BCUT2D eigenvalue weighted by Crippen LogP contribution is -2.50. The minimum atomic E-state index is -0.853. The van der Waals surface area contributed by atoms with E-state index in [1.807, 2.05) is 35.8 Å². The van der Waals surface area contributed by atoms with E-state index in [0.717, 1.165) is 5.56 Å². The van der Waals surface area contributed by atoms with E-state index in [1.54, 1.807) is 6.20 Å². The van der Waals surface area contributed by atoms with Crippen molar-refractivity contribution >= 4 is 12.0 Å². The summed E-state index contributed by atoms with van der Waals surface area (Å²) in [7, 11) is 0. The quantitative estimate of drug-likeness (QED) is 0.346. The summed E-state index contributed by atoms with van der Waals surface area (Å²) in [6.45, 7) is 0.119. The van der Waals surface area contributed by atoms with E-state index < -0.39 is 18.0 Å². The molecule has 0 aliphatic heterocycles. The predicted molar refractivity (Wildman–Crippen MR) is 78.2 cm³/mol. The third kappa shape index (κ3) is 4.60. The number of carbonyl (C=O) groups excluding carboxylic acids is 2. The summed E-state index contributed by atoms with van der Waals surface area (Å²) in [6, 6.07) is 8.38. The molecular weight excluding hydrogens is 286 g/mol. The molecule has 1 atom stereocenters. The second-order valence-corrected chi connectivity index (χ2v) is 4.55. The molecule has 1 aromatic heterocycles. The Hall–Kier alpha value is -2.87. The van der Waals surface area contributed by atoms with Gasteiger partial charge < -0.3 is 15.0 Å². The van der Waals surface area contributed by atoms with Gasteiger partial charge in [-0.1, -0.05) is 30.3 Å². The lowest BCUT2D eigenvalue weighted by atomic mass is 10.1. The predicted octanol–water partition coefficient (Wildman–Crippen LogP) is 0.237. The number of ether oxygens (including phenoxy) is 1. The van der Waals surface area contributed by atoms with Crippen LogP contribution in [0.4, 0.5) is 4.79 Å². The number of aromatic amines is 1. The summed E-state index contributed by atoms with van der Waals surface area (Å²) in [5.41, 5.74) is 3.56. The molecule has 22 heavy (non-hydrogen) atoms. The number of alkyl carbamates (subject to hydrolysis) is 1. The van der Waals surface area contributed by atoms with Crippen molar-refractivity contribution in [1.29, 1.82) is 0 Å². The van der Waals surface area contributed by atoms with E-state index in [0.29, 0.717) is 5.69 Å². The molecule has 0 spiro atoms. The molecule has 0 aliphatic rings. The molecule has 0 unspecified atom stereocenters. The molecule has 8 heteroatoms. The van der Waals surface area contributed by atoms with Gasteiger partial charge in [-0.3, -0.25) is 10.2 Å². The summed E-state index contributed by atoms with van der Waals surface area (Å²) >= 11 is 0. The largest absolute Gasteiger partial charge is 0.445 e. The molecule has 0 radical (unpaired) electrons.